The number of carbonyl (C=O) groups excluding carboxylic acids is 1. The van der Waals surface area contributed by atoms with Gasteiger partial charge in [-0.15, -0.1) is 0 Å². The molecular formula is C34H23Cl2N5O2S. The Kier molecular flexibility index (Phi) is 6.52. The summed E-state index contributed by atoms with van der Waals surface area (Å²) in [5, 5.41) is 16.1. The molecule has 10 heteroatoms. The lowest BCUT2D eigenvalue weighted by Gasteiger charge is -2.45. The van der Waals surface area contributed by atoms with Crippen molar-refractivity contribution in [2.45, 2.75) is 18.3 Å². The van der Waals surface area contributed by atoms with E-state index in [-0.39, 0.29) is 11.3 Å². The first-order chi connectivity index (χ1) is 21.5. The average Bonchev–Trinajstić information content (AvgIpc) is 3.75. The Balaban J connectivity index is 1.29. The number of amides is 1. The predicted molar refractivity (Wildman–Crippen MR) is 175 cm³/mol. The molecule has 0 saturated carbocycles. The van der Waals surface area contributed by atoms with E-state index in [2.05, 4.69) is 11.4 Å². The molecule has 8 rings (SSSR count). The summed E-state index contributed by atoms with van der Waals surface area (Å²) in [6.45, 7) is 0. The Hall–Kier alpha value is -4.50. The fraction of sp³-hybridized carbons (Fsp3) is 0.0882. The van der Waals surface area contributed by atoms with Crippen molar-refractivity contribution in [2.75, 3.05) is 0 Å². The quantitative estimate of drug-likeness (QED) is 0.214. The van der Waals surface area contributed by atoms with Gasteiger partial charge in [0.25, 0.3) is 5.24 Å². The number of thioether (sulfide) groups is 1. The van der Waals surface area contributed by atoms with Crippen molar-refractivity contribution >= 4 is 52.0 Å². The van der Waals surface area contributed by atoms with Gasteiger partial charge in [-0.3, -0.25) is 10.1 Å². The number of aromatic nitrogens is 2. The zero-order chi connectivity index (χ0) is 29.8. The molecule has 1 amide bonds. The largest absolute Gasteiger partial charge is 0.444 e. The second kappa shape index (κ2) is 10.6. The lowest BCUT2D eigenvalue weighted by molar-refractivity contribution is -0.0949. The Bertz CT molecular complexity index is 1980. The van der Waals surface area contributed by atoms with Crippen molar-refractivity contribution in [1.82, 2.24) is 20.1 Å². The first-order valence-electron chi connectivity index (χ1n) is 14.0. The fourth-order valence-corrected chi connectivity index (χ4v) is 7.01. The van der Waals surface area contributed by atoms with E-state index in [1.54, 1.807) is 0 Å². The molecule has 1 fully saturated rings. The topological polar surface area (TPSA) is 71.8 Å². The molecule has 1 N–H and O–H groups in total. The Morgan fingerprint density at radius 2 is 1.57 bits per heavy atom. The Labute approximate surface area is 267 Å². The molecule has 3 aliphatic rings. The van der Waals surface area contributed by atoms with Crippen LogP contribution in [0.15, 0.2) is 119 Å². The van der Waals surface area contributed by atoms with E-state index in [4.69, 9.17) is 38.1 Å². The van der Waals surface area contributed by atoms with Crippen molar-refractivity contribution in [3.8, 4) is 22.7 Å². The number of nitrogens with one attached hydrogen (secondary N) is 1. The molecular weight excluding hydrogens is 613 g/mol. The van der Waals surface area contributed by atoms with Gasteiger partial charge in [-0.05, 0) is 65.9 Å². The minimum Gasteiger partial charge on any atom is -0.444 e. The van der Waals surface area contributed by atoms with E-state index in [0.717, 1.165) is 51.1 Å². The highest BCUT2D eigenvalue weighted by atomic mass is 35.5. The van der Waals surface area contributed by atoms with Crippen LogP contribution >= 0.6 is 35.0 Å². The molecule has 4 heterocycles. The summed E-state index contributed by atoms with van der Waals surface area (Å²) in [7, 11) is 0. The van der Waals surface area contributed by atoms with Gasteiger partial charge in [-0.1, -0.05) is 83.9 Å². The van der Waals surface area contributed by atoms with E-state index < -0.39 is 5.85 Å². The number of hydrogen-bond donors (Lipinski definition) is 1. The maximum atomic E-state index is 13.2. The summed E-state index contributed by atoms with van der Waals surface area (Å²) in [6.07, 6.45) is 4.57. The average molecular weight is 637 g/mol. The maximum Gasteiger partial charge on any atom is 0.314 e. The number of nitrogens with zero attached hydrogens (tertiary/aromatic N) is 4. The zero-order valence-electron chi connectivity index (χ0n) is 23.0. The molecule has 0 radical (unpaired) electrons. The van der Waals surface area contributed by atoms with E-state index in [1.165, 1.54) is 0 Å². The van der Waals surface area contributed by atoms with Crippen LogP contribution in [0.4, 0.5) is 4.79 Å². The molecule has 3 aliphatic heterocycles. The van der Waals surface area contributed by atoms with Crippen molar-refractivity contribution in [3.05, 3.63) is 141 Å². The van der Waals surface area contributed by atoms with Gasteiger partial charge in [0, 0.05) is 39.4 Å². The van der Waals surface area contributed by atoms with Gasteiger partial charge in [0.05, 0.1) is 28.0 Å². The maximum absolute atomic E-state index is 13.2. The number of hydrazone groups is 1. The molecule has 5 aromatic rings. The van der Waals surface area contributed by atoms with Crippen molar-refractivity contribution < 1.29 is 9.53 Å². The number of benzene rings is 4. The van der Waals surface area contributed by atoms with Crippen molar-refractivity contribution in [1.29, 1.82) is 0 Å². The number of fused-ring (bicyclic) bond motifs is 4. The highest BCUT2D eigenvalue weighted by Crippen LogP contribution is 2.53. The van der Waals surface area contributed by atoms with Crippen LogP contribution in [0.5, 0.6) is 5.75 Å². The number of ether oxygens (including phenoxy) is 1. The van der Waals surface area contributed by atoms with Gasteiger partial charge in [-0.2, -0.15) is 10.2 Å². The number of halogens is 2. The predicted octanol–water partition coefficient (Wildman–Crippen LogP) is 8.54. The van der Waals surface area contributed by atoms with E-state index in [0.29, 0.717) is 27.1 Å². The summed E-state index contributed by atoms with van der Waals surface area (Å²) < 4.78 is 8.58. The Morgan fingerprint density at radius 1 is 0.886 bits per heavy atom. The van der Waals surface area contributed by atoms with Crippen LogP contribution < -0.4 is 10.1 Å². The zero-order valence-corrected chi connectivity index (χ0v) is 25.4. The second-order valence-electron chi connectivity index (χ2n) is 10.6. The normalized spacial score (nSPS) is 21.2. The van der Waals surface area contributed by atoms with Crippen molar-refractivity contribution in [3.63, 3.8) is 0 Å². The van der Waals surface area contributed by atoms with Crippen LogP contribution in [0.2, 0.25) is 10.0 Å². The van der Waals surface area contributed by atoms with Crippen LogP contribution in [-0.2, 0) is 0 Å². The van der Waals surface area contributed by atoms with Gasteiger partial charge in [0.2, 0.25) is 0 Å². The highest BCUT2D eigenvalue weighted by Gasteiger charge is 2.58. The third-order valence-electron chi connectivity index (χ3n) is 7.92. The number of para-hydroxylation sites is 2. The summed E-state index contributed by atoms with van der Waals surface area (Å²) in [4.78, 5) is 13.9. The van der Waals surface area contributed by atoms with Crippen molar-refractivity contribution in [2.24, 2.45) is 5.10 Å². The molecule has 0 aliphatic carbocycles. The summed E-state index contributed by atoms with van der Waals surface area (Å²) in [5.74, 6) is -0.644. The van der Waals surface area contributed by atoms with Gasteiger partial charge in [-0.25, -0.2) is 9.69 Å². The third kappa shape index (κ3) is 4.57. The van der Waals surface area contributed by atoms with Crippen LogP contribution in [0.3, 0.4) is 0 Å². The third-order valence-corrected chi connectivity index (χ3v) is 9.33. The molecule has 1 aromatic heterocycles. The van der Waals surface area contributed by atoms with Crippen LogP contribution in [0.1, 0.15) is 29.2 Å². The summed E-state index contributed by atoms with van der Waals surface area (Å²) >= 11 is 13.5. The molecule has 1 spiro atoms. The molecule has 2 atom stereocenters. The standard InChI is InChI=1S/C34H23Cl2N5O2S/c35-24-14-10-21(11-15-24)28-19-29-27-8-4-5-9-30(27)43-34(41(29)38-28)31(44-33(42)37-34)18-23-20-40(26-6-2-1-3-7-26)39-32(23)22-12-16-25(36)17-13-22/h1-18,20,29H,19H2,(H,37,42)/b31-18-. The first kappa shape index (κ1) is 27.1. The monoisotopic (exact) mass is 635 g/mol. The van der Waals surface area contributed by atoms with Gasteiger partial charge >= 0.3 is 5.85 Å². The van der Waals surface area contributed by atoms with E-state index in [9.17, 15) is 4.79 Å². The minimum atomic E-state index is -1.35. The lowest BCUT2D eigenvalue weighted by Crippen LogP contribution is -2.61. The van der Waals surface area contributed by atoms with Crippen LogP contribution in [0, 0.1) is 0 Å². The van der Waals surface area contributed by atoms with Gasteiger partial charge in [0.15, 0.2) is 0 Å². The van der Waals surface area contributed by atoms with Crippen LogP contribution in [-0.4, -0.2) is 31.6 Å². The first-order valence-corrected chi connectivity index (χ1v) is 15.6. The van der Waals surface area contributed by atoms with E-state index in [1.807, 2.05) is 119 Å². The fourth-order valence-electron chi connectivity index (χ4n) is 5.86. The SMILES string of the molecule is O=C1NC2(Oc3ccccc3C3CC(c4ccc(Cl)cc4)=NN32)/C(=C/c2cn(-c3ccccc3)nc2-c2ccc(Cl)cc2)S1. The number of rotatable bonds is 4. The molecule has 44 heavy (non-hydrogen) atoms. The molecule has 7 nitrogen and oxygen atoms in total. The lowest BCUT2D eigenvalue weighted by atomic mass is 9.95. The Morgan fingerprint density at radius 3 is 2.32 bits per heavy atom. The molecule has 4 aromatic carbocycles. The number of carbonyl (C=O) groups is 1. The summed E-state index contributed by atoms with van der Waals surface area (Å²) in [6, 6.07) is 32.9. The van der Waals surface area contributed by atoms with Crippen LogP contribution in [0.25, 0.3) is 23.0 Å². The highest BCUT2D eigenvalue weighted by molar-refractivity contribution is 8.17. The molecule has 216 valence electrons. The molecule has 1 saturated heterocycles. The van der Waals surface area contributed by atoms with Gasteiger partial charge < -0.3 is 4.74 Å². The molecule has 2 unspecified atom stereocenters. The number of hydrogen-bond acceptors (Lipinski definition) is 6. The second-order valence-corrected chi connectivity index (χ2v) is 12.5. The minimum absolute atomic E-state index is 0.157. The van der Waals surface area contributed by atoms with Gasteiger partial charge in [0.1, 0.15) is 5.75 Å². The summed E-state index contributed by atoms with van der Waals surface area (Å²) in [5.41, 5.74) is 6.22. The van der Waals surface area contributed by atoms with E-state index >= 15 is 0 Å². The molecule has 0 bridgehead atoms. The smallest absolute Gasteiger partial charge is 0.314 e.